The van der Waals surface area contributed by atoms with Crippen molar-refractivity contribution in [1.29, 1.82) is 0 Å². The van der Waals surface area contributed by atoms with Crippen molar-refractivity contribution in [1.82, 2.24) is 4.98 Å². The summed E-state index contributed by atoms with van der Waals surface area (Å²) in [7, 11) is 0. The fraction of sp³-hybridized carbons (Fsp3) is 0.0976. The summed E-state index contributed by atoms with van der Waals surface area (Å²) in [5.41, 5.74) is 13.0. The van der Waals surface area contributed by atoms with Crippen LogP contribution in [0.25, 0.3) is 53.9 Å². The van der Waals surface area contributed by atoms with Crippen LogP contribution in [-0.2, 0) is 5.41 Å². The second-order valence-corrected chi connectivity index (χ2v) is 13.4. The number of hydrogen-bond acceptors (Lipinski definition) is 3. The van der Waals surface area contributed by atoms with Gasteiger partial charge in [-0.2, -0.15) is 0 Å². The molecule has 0 N–H and O–H groups in total. The molecule has 0 spiro atoms. The molecule has 210 valence electrons. The second-order valence-electron chi connectivity index (χ2n) is 12.3. The molecule has 9 rings (SSSR count). The first-order chi connectivity index (χ1) is 21.6. The van der Waals surface area contributed by atoms with Crippen LogP contribution in [-0.4, -0.2) is 4.98 Å². The van der Waals surface area contributed by atoms with Crippen LogP contribution in [0.3, 0.4) is 0 Å². The van der Waals surface area contributed by atoms with Crippen LogP contribution in [0.4, 0.5) is 0 Å². The van der Waals surface area contributed by atoms with Crippen molar-refractivity contribution < 1.29 is 4.42 Å². The Kier molecular flexibility index (Phi) is 5.51. The lowest BCUT2D eigenvalue weighted by Crippen LogP contribution is -2.15. The summed E-state index contributed by atoms with van der Waals surface area (Å²) in [6.45, 7) is 4.70. The van der Waals surface area contributed by atoms with E-state index in [-0.39, 0.29) is 11.3 Å². The maximum atomic E-state index is 6.63. The van der Waals surface area contributed by atoms with Crippen molar-refractivity contribution in [3.63, 3.8) is 0 Å². The summed E-state index contributed by atoms with van der Waals surface area (Å²) >= 11 is 1.75. The standard InChI is InChI=1S/C41H29NOS/c1-41(2)33-17-8-6-13-28(33)29-21-19-26(23-34(29)41)38(32-16-10-15-31-30-14-7-9-18-36(30)43-39(31)32)27-20-22-37-35(24-27)42-40(44-37)25-11-4-3-5-12-25/h3-24,38H,1-2H3. The summed E-state index contributed by atoms with van der Waals surface area (Å²) in [6, 6.07) is 48.2. The van der Waals surface area contributed by atoms with Crippen LogP contribution in [0.15, 0.2) is 138 Å². The van der Waals surface area contributed by atoms with Crippen LogP contribution in [0, 0.1) is 0 Å². The van der Waals surface area contributed by atoms with Gasteiger partial charge < -0.3 is 4.42 Å². The molecule has 0 radical (unpaired) electrons. The Hall–Kier alpha value is -4.99. The van der Waals surface area contributed by atoms with Crippen LogP contribution in [0.5, 0.6) is 0 Å². The predicted octanol–water partition coefficient (Wildman–Crippen LogP) is 11.3. The van der Waals surface area contributed by atoms with Gasteiger partial charge in [0.2, 0.25) is 0 Å². The lowest BCUT2D eigenvalue weighted by Gasteiger charge is -2.24. The molecule has 2 aromatic heterocycles. The van der Waals surface area contributed by atoms with E-state index in [0.29, 0.717) is 0 Å². The Morgan fingerprint density at radius 3 is 2.27 bits per heavy atom. The van der Waals surface area contributed by atoms with E-state index in [1.54, 1.807) is 11.3 Å². The molecule has 1 unspecified atom stereocenters. The zero-order chi connectivity index (χ0) is 29.4. The zero-order valence-electron chi connectivity index (χ0n) is 24.5. The van der Waals surface area contributed by atoms with E-state index in [1.165, 1.54) is 43.6 Å². The fourth-order valence-corrected chi connectivity index (χ4v) is 8.23. The molecule has 0 fully saturated rings. The monoisotopic (exact) mass is 583 g/mol. The number of benzene rings is 6. The lowest BCUT2D eigenvalue weighted by atomic mass is 9.79. The molecule has 2 nitrogen and oxygen atoms in total. The average Bonchev–Trinajstić information content (AvgIpc) is 3.73. The Balaban J connectivity index is 1.28. The molecule has 0 saturated carbocycles. The van der Waals surface area contributed by atoms with Gasteiger partial charge in [-0.3, -0.25) is 0 Å². The molecule has 8 aromatic rings. The first-order valence-electron chi connectivity index (χ1n) is 15.2. The molecule has 1 atom stereocenters. The van der Waals surface area contributed by atoms with E-state index in [2.05, 4.69) is 141 Å². The van der Waals surface area contributed by atoms with Crippen molar-refractivity contribution >= 4 is 43.5 Å². The van der Waals surface area contributed by atoms with Crippen molar-refractivity contribution in [3.8, 4) is 21.7 Å². The molecular weight excluding hydrogens is 555 g/mol. The van der Waals surface area contributed by atoms with Crippen molar-refractivity contribution in [2.24, 2.45) is 0 Å². The first-order valence-corrected chi connectivity index (χ1v) is 16.0. The largest absolute Gasteiger partial charge is 0.456 e. The molecule has 1 aliphatic carbocycles. The Morgan fingerprint density at radius 2 is 1.36 bits per heavy atom. The van der Waals surface area contributed by atoms with E-state index in [9.17, 15) is 0 Å². The van der Waals surface area contributed by atoms with Crippen LogP contribution in [0.2, 0.25) is 0 Å². The highest BCUT2D eigenvalue weighted by Crippen LogP contribution is 2.50. The van der Waals surface area contributed by atoms with Crippen LogP contribution < -0.4 is 0 Å². The third kappa shape index (κ3) is 3.76. The minimum absolute atomic E-state index is 0.0321. The second kappa shape index (κ2) is 9.51. The Labute approximate surface area is 260 Å². The maximum Gasteiger partial charge on any atom is 0.139 e. The van der Waals surface area contributed by atoms with Gasteiger partial charge in [0.25, 0.3) is 0 Å². The van der Waals surface area contributed by atoms with E-state index < -0.39 is 0 Å². The maximum absolute atomic E-state index is 6.63. The molecule has 0 bridgehead atoms. The zero-order valence-corrected chi connectivity index (χ0v) is 25.4. The van der Waals surface area contributed by atoms with Crippen molar-refractivity contribution in [2.75, 3.05) is 0 Å². The summed E-state index contributed by atoms with van der Waals surface area (Å²) < 4.78 is 7.82. The molecule has 2 heterocycles. The van der Waals surface area contributed by atoms with E-state index in [4.69, 9.17) is 9.40 Å². The number of para-hydroxylation sites is 2. The highest BCUT2D eigenvalue weighted by atomic mass is 32.1. The molecule has 1 aliphatic rings. The number of nitrogens with zero attached hydrogens (tertiary/aromatic N) is 1. The summed E-state index contributed by atoms with van der Waals surface area (Å²) in [5.74, 6) is -0.0321. The van der Waals surface area contributed by atoms with Gasteiger partial charge in [0.15, 0.2) is 0 Å². The third-order valence-electron chi connectivity index (χ3n) is 9.45. The normalized spacial score (nSPS) is 14.2. The molecule has 0 aliphatic heterocycles. The number of thiazole rings is 1. The van der Waals surface area contributed by atoms with Crippen LogP contribution in [0.1, 0.15) is 47.6 Å². The fourth-order valence-electron chi connectivity index (χ4n) is 7.28. The Morgan fingerprint density at radius 1 is 0.636 bits per heavy atom. The minimum atomic E-state index is -0.0820. The third-order valence-corrected chi connectivity index (χ3v) is 10.5. The minimum Gasteiger partial charge on any atom is -0.456 e. The highest BCUT2D eigenvalue weighted by Gasteiger charge is 2.36. The van der Waals surface area contributed by atoms with E-state index >= 15 is 0 Å². The SMILES string of the molecule is CC1(C)c2ccccc2-c2ccc(C(c3ccc4sc(-c5ccccc5)nc4c3)c3cccc4c3oc3ccccc34)cc21. The molecular formula is C41H29NOS. The molecule has 44 heavy (non-hydrogen) atoms. The number of rotatable bonds is 4. The summed E-state index contributed by atoms with van der Waals surface area (Å²) in [4.78, 5) is 5.11. The van der Waals surface area contributed by atoms with E-state index in [0.717, 1.165) is 38.0 Å². The Bertz CT molecular complexity index is 2380. The van der Waals surface area contributed by atoms with Crippen molar-refractivity contribution in [3.05, 3.63) is 161 Å². The van der Waals surface area contributed by atoms with Gasteiger partial charge in [-0.1, -0.05) is 129 Å². The molecule has 6 aromatic carbocycles. The highest BCUT2D eigenvalue weighted by molar-refractivity contribution is 7.21. The van der Waals surface area contributed by atoms with Gasteiger partial charge in [-0.15, -0.1) is 11.3 Å². The van der Waals surface area contributed by atoms with Gasteiger partial charge in [0.05, 0.1) is 10.2 Å². The first kappa shape index (κ1) is 25.5. The topological polar surface area (TPSA) is 26.0 Å². The number of fused-ring (bicyclic) bond motifs is 7. The number of aromatic nitrogens is 1. The van der Waals surface area contributed by atoms with Gasteiger partial charge in [-0.25, -0.2) is 4.98 Å². The van der Waals surface area contributed by atoms with Gasteiger partial charge in [0, 0.05) is 33.2 Å². The van der Waals surface area contributed by atoms with Crippen molar-refractivity contribution in [2.45, 2.75) is 25.2 Å². The molecule has 3 heteroatoms. The lowest BCUT2D eigenvalue weighted by molar-refractivity contribution is 0.656. The summed E-state index contributed by atoms with van der Waals surface area (Å²) in [6.07, 6.45) is 0. The van der Waals surface area contributed by atoms with Gasteiger partial charge in [0.1, 0.15) is 16.2 Å². The van der Waals surface area contributed by atoms with Gasteiger partial charge in [-0.05, 0) is 51.6 Å². The smallest absolute Gasteiger partial charge is 0.139 e. The van der Waals surface area contributed by atoms with E-state index in [1.807, 2.05) is 6.07 Å². The van der Waals surface area contributed by atoms with Crippen LogP contribution >= 0.6 is 11.3 Å². The average molecular weight is 584 g/mol. The summed E-state index contributed by atoms with van der Waals surface area (Å²) in [5, 5.41) is 3.35. The van der Waals surface area contributed by atoms with Gasteiger partial charge >= 0.3 is 0 Å². The quantitative estimate of drug-likeness (QED) is 0.193. The predicted molar refractivity (Wildman–Crippen MR) is 184 cm³/mol. The number of hydrogen-bond donors (Lipinski definition) is 0. The molecule has 0 saturated heterocycles. The molecule has 0 amide bonds. The number of furan rings is 1.